The van der Waals surface area contributed by atoms with E-state index in [1.165, 1.54) is 30.6 Å². The van der Waals surface area contributed by atoms with Gasteiger partial charge in [-0.1, -0.05) is 43.7 Å². The van der Waals surface area contributed by atoms with Crippen LogP contribution in [0.25, 0.3) is 0 Å². The van der Waals surface area contributed by atoms with Crippen LogP contribution in [0.2, 0.25) is 0 Å². The van der Waals surface area contributed by atoms with Crippen molar-refractivity contribution in [2.75, 3.05) is 29.9 Å². The number of carbonyl (C=O) groups excluding carboxylic acids is 1. The van der Waals surface area contributed by atoms with Gasteiger partial charge in [-0.15, -0.1) is 0 Å². The monoisotopic (exact) mass is 452 g/mol. The number of rotatable bonds is 9. The van der Waals surface area contributed by atoms with E-state index in [4.69, 9.17) is 4.74 Å². The molecule has 0 heterocycles. The minimum Gasteiger partial charge on any atom is -0.495 e. The third-order valence-corrected chi connectivity index (χ3v) is 7.02. The van der Waals surface area contributed by atoms with Crippen molar-refractivity contribution < 1.29 is 17.9 Å². The molecular weight excluding hydrogens is 424 g/mol. The van der Waals surface area contributed by atoms with Crippen LogP contribution in [0.5, 0.6) is 5.75 Å². The fourth-order valence-electron chi connectivity index (χ4n) is 3.37. The van der Waals surface area contributed by atoms with Crippen LogP contribution in [0.3, 0.4) is 0 Å². The lowest BCUT2D eigenvalue weighted by molar-refractivity contribution is 0.0986. The fraction of sp³-hybridized carbons (Fsp3) is 0.240. The normalized spacial score (nSPS) is 11.1. The Morgan fingerprint density at radius 1 is 0.906 bits per heavy atom. The van der Waals surface area contributed by atoms with Gasteiger partial charge in [-0.2, -0.15) is 0 Å². The Balaban J connectivity index is 1.88. The molecular formula is C25H28N2O4S. The highest BCUT2D eigenvalue weighted by Crippen LogP contribution is 2.31. The van der Waals surface area contributed by atoms with Crippen molar-refractivity contribution in [3.63, 3.8) is 0 Å². The molecule has 0 saturated heterocycles. The first kappa shape index (κ1) is 23.3. The second-order valence-corrected chi connectivity index (χ2v) is 9.28. The summed E-state index contributed by atoms with van der Waals surface area (Å²) in [6.07, 6.45) is 1.83. The highest BCUT2D eigenvalue weighted by atomic mass is 32.2. The average Bonchev–Trinajstić information content (AvgIpc) is 2.84. The van der Waals surface area contributed by atoms with E-state index in [0.29, 0.717) is 23.5 Å². The number of amides is 1. The summed E-state index contributed by atoms with van der Waals surface area (Å²) in [5.74, 6) is 0.298. The molecule has 0 aromatic heterocycles. The van der Waals surface area contributed by atoms with Gasteiger partial charge in [-0.3, -0.25) is 9.10 Å². The Morgan fingerprint density at radius 3 is 2.16 bits per heavy atom. The van der Waals surface area contributed by atoms with Gasteiger partial charge >= 0.3 is 0 Å². The van der Waals surface area contributed by atoms with Gasteiger partial charge in [-0.25, -0.2) is 8.42 Å². The van der Waals surface area contributed by atoms with Crippen molar-refractivity contribution in [1.82, 2.24) is 0 Å². The third-order valence-electron chi connectivity index (χ3n) is 5.23. The molecule has 0 radical (unpaired) electrons. The maximum atomic E-state index is 13.2. The van der Waals surface area contributed by atoms with E-state index >= 15 is 0 Å². The first-order valence-corrected chi connectivity index (χ1v) is 11.9. The number of anilines is 2. The predicted molar refractivity (Wildman–Crippen MR) is 128 cm³/mol. The second kappa shape index (κ2) is 10.3. The number of methoxy groups -OCH3 is 1. The Bertz CT molecular complexity index is 1150. The highest BCUT2D eigenvalue weighted by molar-refractivity contribution is 7.92. The summed E-state index contributed by atoms with van der Waals surface area (Å²) in [4.78, 5) is 15.0. The molecule has 1 amide bonds. The lowest BCUT2D eigenvalue weighted by Gasteiger charge is -2.23. The molecule has 0 unspecified atom stereocenters. The molecule has 3 aromatic carbocycles. The Morgan fingerprint density at radius 2 is 1.53 bits per heavy atom. The molecule has 0 atom stereocenters. The largest absolute Gasteiger partial charge is 0.495 e. The van der Waals surface area contributed by atoms with E-state index in [2.05, 4.69) is 6.92 Å². The van der Waals surface area contributed by atoms with Crippen LogP contribution in [-0.2, 0) is 10.0 Å². The first-order valence-electron chi connectivity index (χ1n) is 10.5. The molecule has 3 rings (SSSR count). The number of para-hydroxylation sites is 3. The number of hydrogen-bond donors (Lipinski definition) is 0. The predicted octanol–water partition coefficient (Wildman–Crippen LogP) is 4.97. The zero-order valence-corrected chi connectivity index (χ0v) is 19.4. The van der Waals surface area contributed by atoms with E-state index < -0.39 is 10.0 Å². The van der Waals surface area contributed by atoms with Gasteiger partial charge in [-0.05, 0) is 55.0 Å². The molecule has 0 N–H and O–H groups in total. The maximum Gasteiger partial charge on any atom is 0.264 e. The molecule has 0 bridgehead atoms. The number of sulfonamides is 1. The first-order chi connectivity index (χ1) is 15.4. The van der Waals surface area contributed by atoms with E-state index in [1.807, 2.05) is 30.3 Å². The van der Waals surface area contributed by atoms with Gasteiger partial charge in [0.1, 0.15) is 5.75 Å². The van der Waals surface area contributed by atoms with Crippen LogP contribution in [0.1, 0.15) is 30.1 Å². The van der Waals surface area contributed by atoms with Crippen molar-refractivity contribution in [2.45, 2.75) is 24.7 Å². The summed E-state index contributed by atoms with van der Waals surface area (Å²) in [6.45, 7) is 2.67. The van der Waals surface area contributed by atoms with Crippen LogP contribution >= 0.6 is 0 Å². The van der Waals surface area contributed by atoms with Crippen molar-refractivity contribution in [3.8, 4) is 5.75 Å². The summed E-state index contributed by atoms with van der Waals surface area (Å²) in [5.41, 5.74) is 1.69. The average molecular weight is 453 g/mol. The van der Waals surface area contributed by atoms with E-state index in [1.54, 1.807) is 41.3 Å². The van der Waals surface area contributed by atoms with E-state index in [-0.39, 0.29) is 10.8 Å². The molecule has 0 aliphatic rings. The Kier molecular flexibility index (Phi) is 7.53. The number of carbonyl (C=O) groups is 1. The standard InChI is InChI=1S/C25H28N2O4S/c1-4-5-19-27(21-11-7-6-8-12-21)25(28)20-15-17-22(18-16-20)32(29,30)26(2)23-13-9-10-14-24(23)31-3/h6-18H,4-5,19H2,1-3H3. The molecule has 3 aromatic rings. The number of hydrogen-bond acceptors (Lipinski definition) is 4. The zero-order valence-electron chi connectivity index (χ0n) is 18.6. The second-order valence-electron chi connectivity index (χ2n) is 7.31. The molecule has 0 aliphatic carbocycles. The maximum absolute atomic E-state index is 13.2. The molecule has 0 aliphatic heterocycles. The molecule has 0 saturated carbocycles. The summed E-state index contributed by atoms with van der Waals surface area (Å²) >= 11 is 0. The molecule has 168 valence electrons. The molecule has 7 heteroatoms. The van der Waals surface area contributed by atoms with Gasteiger partial charge in [0.15, 0.2) is 0 Å². The number of ether oxygens (including phenoxy) is 1. The van der Waals surface area contributed by atoms with Crippen molar-refractivity contribution in [1.29, 1.82) is 0 Å². The third kappa shape index (κ3) is 4.94. The van der Waals surface area contributed by atoms with E-state index in [0.717, 1.165) is 18.5 Å². The number of unbranched alkanes of at least 4 members (excludes halogenated alkanes) is 1. The van der Waals surface area contributed by atoms with Crippen molar-refractivity contribution in [2.24, 2.45) is 0 Å². The number of benzene rings is 3. The Hall–Kier alpha value is -3.32. The van der Waals surface area contributed by atoms with E-state index in [9.17, 15) is 13.2 Å². The lowest BCUT2D eigenvalue weighted by Crippen LogP contribution is -2.32. The lowest BCUT2D eigenvalue weighted by atomic mass is 10.1. The number of nitrogens with zero attached hydrogens (tertiary/aromatic N) is 2. The summed E-state index contributed by atoms with van der Waals surface area (Å²) in [6, 6.07) is 22.5. The topological polar surface area (TPSA) is 66.9 Å². The van der Waals surface area contributed by atoms with Crippen molar-refractivity contribution >= 4 is 27.3 Å². The fourth-order valence-corrected chi connectivity index (χ4v) is 4.58. The quantitative estimate of drug-likeness (QED) is 0.460. The van der Waals surface area contributed by atoms with Gasteiger partial charge in [0.2, 0.25) is 0 Å². The summed E-state index contributed by atoms with van der Waals surface area (Å²) < 4.78 is 32.8. The van der Waals surface area contributed by atoms with Crippen molar-refractivity contribution in [3.05, 3.63) is 84.4 Å². The smallest absolute Gasteiger partial charge is 0.264 e. The molecule has 0 spiro atoms. The minimum absolute atomic E-state index is 0.0993. The Labute approximate surface area is 190 Å². The summed E-state index contributed by atoms with van der Waals surface area (Å²) in [5, 5.41) is 0. The highest BCUT2D eigenvalue weighted by Gasteiger charge is 2.24. The van der Waals surface area contributed by atoms with Crippen LogP contribution in [0, 0.1) is 0 Å². The molecule has 32 heavy (non-hydrogen) atoms. The zero-order chi connectivity index (χ0) is 23.1. The minimum atomic E-state index is -3.83. The molecule has 6 nitrogen and oxygen atoms in total. The van der Waals surface area contributed by atoms with Gasteiger partial charge in [0, 0.05) is 24.8 Å². The van der Waals surface area contributed by atoms with Gasteiger partial charge < -0.3 is 9.64 Å². The SMILES string of the molecule is CCCCN(C(=O)c1ccc(S(=O)(=O)N(C)c2ccccc2OC)cc1)c1ccccc1. The van der Waals surface area contributed by atoms with Crippen LogP contribution in [0.15, 0.2) is 83.8 Å². The van der Waals surface area contributed by atoms with Gasteiger partial charge in [0.25, 0.3) is 15.9 Å². The van der Waals surface area contributed by atoms with Crippen LogP contribution < -0.4 is 13.9 Å². The van der Waals surface area contributed by atoms with Crippen LogP contribution in [-0.4, -0.2) is 35.0 Å². The van der Waals surface area contributed by atoms with Crippen LogP contribution in [0.4, 0.5) is 11.4 Å². The molecule has 0 fully saturated rings. The summed E-state index contributed by atoms with van der Waals surface area (Å²) in [7, 11) is -0.848. The van der Waals surface area contributed by atoms with Gasteiger partial charge in [0.05, 0.1) is 17.7 Å².